The quantitative estimate of drug-likeness (QED) is 0.566. The number of benzene rings is 1. The second-order valence-electron chi connectivity index (χ2n) is 4.71. The van der Waals surface area contributed by atoms with Gasteiger partial charge in [-0.15, -0.1) is 0 Å². The van der Waals surface area contributed by atoms with Gasteiger partial charge in [0.25, 0.3) is 11.1 Å². The van der Waals surface area contributed by atoms with Crippen LogP contribution in [0.25, 0.3) is 10.9 Å². The fourth-order valence-electron chi connectivity index (χ4n) is 2.07. The number of hydrogen-bond donors (Lipinski definition) is 2. The third kappa shape index (κ3) is 3.09. The Balaban J connectivity index is 1.86. The summed E-state index contributed by atoms with van der Waals surface area (Å²) in [6.45, 7) is 1.94. The van der Waals surface area contributed by atoms with E-state index in [0.29, 0.717) is 34.1 Å². The standard InChI is InChI=1S/C15H14N4O2S/c1-2-9-7-13(20)19-15(16-9)22-8-12-17-11-6-4-3-5-10(11)14(21)18-12/h3-7H,2,8H2,1H3,(H,16,19,20)(H,17,18,21). The van der Waals surface area contributed by atoms with Crippen molar-refractivity contribution in [3.8, 4) is 0 Å². The monoisotopic (exact) mass is 314 g/mol. The lowest BCUT2D eigenvalue weighted by molar-refractivity contribution is 0.866. The molecule has 6 nitrogen and oxygen atoms in total. The van der Waals surface area contributed by atoms with E-state index >= 15 is 0 Å². The van der Waals surface area contributed by atoms with Crippen LogP contribution in [0.3, 0.4) is 0 Å². The zero-order valence-electron chi connectivity index (χ0n) is 11.9. The predicted octanol–water partition coefficient (Wildman–Crippen LogP) is 1.86. The maximum Gasteiger partial charge on any atom is 0.258 e. The highest BCUT2D eigenvalue weighted by Crippen LogP contribution is 2.17. The molecule has 0 aliphatic heterocycles. The van der Waals surface area contributed by atoms with E-state index < -0.39 is 0 Å². The number of H-pyrrole nitrogens is 2. The molecule has 112 valence electrons. The number of rotatable bonds is 4. The molecule has 0 unspecified atom stereocenters. The van der Waals surface area contributed by atoms with Crippen LogP contribution in [-0.4, -0.2) is 19.9 Å². The molecule has 0 saturated heterocycles. The van der Waals surface area contributed by atoms with Crippen LogP contribution < -0.4 is 11.1 Å². The average molecular weight is 314 g/mol. The van der Waals surface area contributed by atoms with E-state index in [1.54, 1.807) is 18.2 Å². The van der Waals surface area contributed by atoms with Gasteiger partial charge in [0.1, 0.15) is 5.82 Å². The van der Waals surface area contributed by atoms with E-state index in [-0.39, 0.29) is 11.1 Å². The van der Waals surface area contributed by atoms with Crippen molar-refractivity contribution >= 4 is 22.7 Å². The Morgan fingerprint density at radius 2 is 1.95 bits per heavy atom. The summed E-state index contributed by atoms with van der Waals surface area (Å²) in [6, 6.07) is 8.67. The van der Waals surface area contributed by atoms with E-state index in [9.17, 15) is 9.59 Å². The van der Waals surface area contributed by atoms with E-state index in [2.05, 4.69) is 19.9 Å². The van der Waals surface area contributed by atoms with Gasteiger partial charge in [0.05, 0.1) is 16.7 Å². The number of aromatic nitrogens is 4. The number of thioether (sulfide) groups is 1. The number of fused-ring (bicyclic) bond motifs is 1. The molecular formula is C15H14N4O2S. The van der Waals surface area contributed by atoms with E-state index in [1.807, 2.05) is 13.0 Å². The van der Waals surface area contributed by atoms with Crippen molar-refractivity contribution in [2.75, 3.05) is 0 Å². The van der Waals surface area contributed by atoms with Crippen molar-refractivity contribution in [2.24, 2.45) is 0 Å². The first-order chi connectivity index (χ1) is 10.7. The summed E-state index contributed by atoms with van der Waals surface area (Å²) < 4.78 is 0. The van der Waals surface area contributed by atoms with Crippen LogP contribution in [0.2, 0.25) is 0 Å². The Bertz CT molecular complexity index is 932. The Morgan fingerprint density at radius 1 is 1.14 bits per heavy atom. The fourth-order valence-corrected chi connectivity index (χ4v) is 2.84. The molecule has 0 saturated carbocycles. The van der Waals surface area contributed by atoms with Crippen LogP contribution in [0.5, 0.6) is 0 Å². The smallest absolute Gasteiger partial charge is 0.258 e. The predicted molar refractivity (Wildman–Crippen MR) is 86.2 cm³/mol. The Morgan fingerprint density at radius 3 is 2.77 bits per heavy atom. The highest BCUT2D eigenvalue weighted by molar-refractivity contribution is 7.98. The fraction of sp³-hybridized carbons (Fsp3) is 0.200. The molecule has 2 N–H and O–H groups in total. The Hall–Kier alpha value is -2.41. The molecule has 0 aliphatic rings. The van der Waals surface area contributed by atoms with Crippen LogP contribution in [0.4, 0.5) is 0 Å². The van der Waals surface area contributed by atoms with E-state index in [0.717, 1.165) is 5.69 Å². The van der Waals surface area contributed by atoms with Gasteiger partial charge in [-0.3, -0.25) is 9.59 Å². The summed E-state index contributed by atoms with van der Waals surface area (Å²) in [5, 5.41) is 1.09. The summed E-state index contributed by atoms with van der Waals surface area (Å²) in [5.74, 6) is 0.981. The molecular weight excluding hydrogens is 300 g/mol. The maximum atomic E-state index is 12.0. The largest absolute Gasteiger partial charge is 0.309 e. The summed E-state index contributed by atoms with van der Waals surface area (Å²) in [4.78, 5) is 37.7. The molecule has 3 rings (SSSR count). The normalized spacial score (nSPS) is 11.0. The molecule has 22 heavy (non-hydrogen) atoms. The minimum Gasteiger partial charge on any atom is -0.309 e. The summed E-state index contributed by atoms with van der Waals surface area (Å²) in [5.41, 5.74) is 1.07. The average Bonchev–Trinajstić information content (AvgIpc) is 2.52. The van der Waals surface area contributed by atoms with Gasteiger partial charge in [0, 0.05) is 11.8 Å². The molecule has 0 aliphatic carbocycles. The lowest BCUT2D eigenvalue weighted by Crippen LogP contribution is -2.12. The van der Waals surface area contributed by atoms with Crippen LogP contribution in [-0.2, 0) is 12.2 Å². The number of para-hydroxylation sites is 1. The van der Waals surface area contributed by atoms with Crippen molar-refractivity contribution in [1.29, 1.82) is 0 Å². The van der Waals surface area contributed by atoms with Crippen molar-refractivity contribution < 1.29 is 0 Å². The second kappa shape index (κ2) is 6.15. The summed E-state index contributed by atoms with van der Waals surface area (Å²) in [7, 11) is 0. The first-order valence-electron chi connectivity index (χ1n) is 6.86. The number of aryl methyl sites for hydroxylation is 1. The van der Waals surface area contributed by atoms with E-state index in [1.165, 1.54) is 17.8 Å². The van der Waals surface area contributed by atoms with Crippen molar-refractivity contribution in [3.63, 3.8) is 0 Å². The summed E-state index contributed by atoms with van der Waals surface area (Å²) in [6.07, 6.45) is 0.697. The van der Waals surface area contributed by atoms with Crippen molar-refractivity contribution in [2.45, 2.75) is 24.3 Å². The molecule has 0 radical (unpaired) electrons. The van der Waals surface area contributed by atoms with Crippen LogP contribution in [0.1, 0.15) is 18.4 Å². The Labute approximate surface area is 130 Å². The molecule has 0 fully saturated rings. The van der Waals surface area contributed by atoms with Crippen molar-refractivity contribution in [1.82, 2.24) is 19.9 Å². The molecule has 1 aromatic carbocycles. The summed E-state index contributed by atoms with van der Waals surface area (Å²) >= 11 is 1.34. The van der Waals surface area contributed by atoms with E-state index in [4.69, 9.17) is 0 Å². The second-order valence-corrected chi connectivity index (χ2v) is 5.68. The van der Waals surface area contributed by atoms with Gasteiger partial charge < -0.3 is 9.97 Å². The minimum absolute atomic E-state index is 0.162. The highest BCUT2D eigenvalue weighted by Gasteiger charge is 2.06. The van der Waals surface area contributed by atoms with Gasteiger partial charge in [-0.1, -0.05) is 30.8 Å². The van der Waals surface area contributed by atoms with Crippen LogP contribution in [0.15, 0.2) is 45.1 Å². The van der Waals surface area contributed by atoms with Gasteiger partial charge >= 0.3 is 0 Å². The molecule has 2 aromatic heterocycles. The highest BCUT2D eigenvalue weighted by atomic mass is 32.2. The van der Waals surface area contributed by atoms with Crippen molar-refractivity contribution in [3.05, 3.63) is 62.6 Å². The Kier molecular flexibility index (Phi) is 4.06. The zero-order valence-corrected chi connectivity index (χ0v) is 12.7. The van der Waals surface area contributed by atoms with Crippen LogP contribution >= 0.6 is 11.8 Å². The topological polar surface area (TPSA) is 91.5 Å². The third-order valence-corrected chi connectivity index (χ3v) is 4.03. The first-order valence-corrected chi connectivity index (χ1v) is 7.85. The number of nitrogens with zero attached hydrogens (tertiary/aromatic N) is 2. The molecule has 0 atom stereocenters. The molecule has 7 heteroatoms. The van der Waals surface area contributed by atoms with Gasteiger partial charge in [-0.2, -0.15) is 0 Å². The SMILES string of the molecule is CCc1cc(=O)[nH]c(SCc2nc3ccccc3c(=O)[nH]2)n1. The van der Waals surface area contributed by atoms with Gasteiger partial charge in [-0.05, 0) is 18.6 Å². The number of hydrogen-bond acceptors (Lipinski definition) is 5. The molecule has 2 heterocycles. The van der Waals surface area contributed by atoms with Gasteiger partial charge in [-0.25, -0.2) is 9.97 Å². The third-order valence-electron chi connectivity index (χ3n) is 3.14. The maximum absolute atomic E-state index is 12.0. The molecule has 0 spiro atoms. The van der Waals surface area contributed by atoms with Gasteiger partial charge in [0.15, 0.2) is 5.16 Å². The molecule has 0 amide bonds. The minimum atomic E-state index is -0.172. The molecule has 0 bridgehead atoms. The first kappa shape index (κ1) is 14.5. The number of nitrogens with one attached hydrogen (secondary N) is 2. The van der Waals surface area contributed by atoms with Crippen LogP contribution in [0, 0.1) is 0 Å². The lowest BCUT2D eigenvalue weighted by atomic mass is 10.2. The molecule has 3 aromatic rings. The number of aromatic amines is 2. The lowest BCUT2D eigenvalue weighted by Gasteiger charge is -2.04. The van der Waals surface area contributed by atoms with Gasteiger partial charge in [0.2, 0.25) is 0 Å². The zero-order chi connectivity index (χ0) is 15.5.